The normalized spacial score (nSPS) is 20.8. The highest BCUT2D eigenvalue weighted by Crippen LogP contribution is 2.26. The molecule has 0 unspecified atom stereocenters. The lowest BCUT2D eigenvalue weighted by molar-refractivity contribution is 0.479. The van der Waals surface area contributed by atoms with Crippen molar-refractivity contribution in [3.05, 3.63) is 24.0 Å². The molecule has 2 saturated heterocycles. The Labute approximate surface area is 114 Å². The summed E-state index contributed by atoms with van der Waals surface area (Å²) in [5.74, 6) is -0.0964. The van der Waals surface area contributed by atoms with Crippen molar-refractivity contribution in [2.75, 3.05) is 36.4 Å². The maximum atomic E-state index is 14.2. The average Bonchev–Trinajstić information content (AvgIpc) is 2.94. The fourth-order valence-electron chi connectivity index (χ4n) is 3.01. The summed E-state index contributed by atoms with van der Waals surface area (Å²) in [5.41, 5.74) is 1.67. The lowest BCUT2D eigenvalue weighted by Gasteiger charge is -2.25. The van der Waals surface area contributed by atoms with Crippen LogP contribution in [0.3, 0.4) is 0 Å². The topological polar surface area (TPSA) is 27.3 Å². The lowest BCUT2D eigenvalue weighted by atomic mass is 10.1. The molecule has 0 bridgehead atoms. The molecule has 0 spiro atoms. The van der Waals surface area contributed by atoms with Crippen molar-refractivity contribution < 1.29 is 4.39 Å². The van der Waals surface area contributed by atoms with E-state index in [1.54, 1.807) is 6.07 Å². The molecule has 0 radical (unpaired) electrons. The number of benzene rings is 1. The number of hydrogen-bond donors (Lipinski definition) is 2. The van der Waals surface area contributed by atoms with Crippen LogP contribution < -0.4 is 15.5 Å². The van der Waals surface area contributed by atoms with Crippen LogP contribution >= 0.6 is 0 Å². The molecule has 4 heteroatoms. The number of rotatable bonds is 3. The van der Waals surface area contributed by atoms with Crippen molar-refractivity contribution in [2.45, 2.75) is 31.7 Å². The lowest BCUT2D eigenvalue weighted by Crippen LogP contribution is -2.35. The first kappa shape index (κ1) is 12.7. The maximum absolute atomic E-state index is 14.2. The molecule has 2 aliphatic heterocycles. The third-order valence-corrected chi connectivity index (χ3v) is 4.10. The van der Waals surface area contributed by atoms with E-state index in [-0.39, 0.29) is 5.82 Å². The Balaban J connectivity index is 1.67. The van der Waals surface area contributed by atoms with E-state index in [1.165, 1.54) is 12.8 Å². The van der Waals surface area contributed by atoms with Crippen molar-refractivity contribution in [1.82, 2.24) is 5.32 Å². The van der Waals surface area contributed by atoms with E-state index < -0.39 is 0 Å². The second kappa shape index (κ2) is 5.78. The molecule has 2 fully saturated rings. The van der Waals surface area contributed by atoms with Crippen LogP contribution in [0.2, 0.25) is 0 Å². The minimum atomic E-state index is -0.0964. The van der Waals surface area contributed by atoms with E-state index in [1.807, 2.05) is 12.1 Å². The molecule has 0 aliphatic carbocycles. The minimum absolute atomic E-state index is 0.0964. The van der Waals surface area contributed by atoms with Gasteiger partial charge in [-0.15, -0.1) is 0 Å². The highest BCUT2D eigenvalue weighted by molar-refractivity contribution is 5.57. The zero-order valence-electron chi connectivity index (χ0n) is 11.3. The van der Waals surface area contributed by atoms with Crippen LogP contribution in [0.15, 0.2) is 18.2 Å². The molecule has 1 aromatic rings. The number of nitrogens with zero attached hydrogens (tertiary/aromatic N) is 1. The van der Waals surface area contributed by atoms with Crippen molar-refractivity contribution in [3.8, 4) is 0 Å². The van der Waals surface area contributed by atoms with Crippen LogP contribution in [0.1, 0.15) is 25.7 Å². The molecule has 104 valence electrons. The van der Waals surface area contributed by atoms with Crippen LogP contribution in [0, 0.1) is 5.82 Å². The molecule has 0 amide bonds. The van der Waals surface area contributed by atoms with Gasteiger partial charge in [-0.3, -0.25) is 0 Å². The molecule has 1 aromatic carbocycles. The predicted octanol–water partition coefficient (Wildman–Crippen LogP) is 2.59. The maximum Gasteiger partial charge on any atom is 0.148 e. The Morgan fingerprint density at radius 3 is 2.58 bits per heavy atom. The summed E-state index contributed by atoms with van der Waals surface area (Å²) >= 11 is 0. The van der Waals surface area contributed by atoms with E-state index in [9.17, 15) is 4.39 Å². The number of hydrogen-bond acceptors (Lipinski definition) is 3. The summed E-state index contributed by atoms with van der Waals surface area (Å²) in [4.78, 5) is 2.14. The molecule has 2 aliphatic rings. The Morgan fingerprint density at radius 1 is 1.16 bits per heavy atom. The van der Waals surface area contributed by atoms with Gasteiger partial charge < -0.3 is 15.5 Å². The van der Waals surface area contributed by atoms with E-state index in [2.05, 4.69) is 15.5 Å². The molecule has 0 aromatic heterocycles. The van der Waals surface area contributed by atoms with Crippen molar-refractivity contribution in [2.24, 2.45) is 0 Å². The molecule has 0 atom stereocenters. The number of anilines is 2. The first-order chi connectivity index (χ1) is 9.33. The summed E-state index contributed by atoms with van der Waals surface area (Å²) in [6, 6.07) is 6.05. The summed E-state index contributed by atoms with van der Waals surface area (Å²) in [5, 5.41) is 6.78. The van der Waals surface area contributed by atoms with Crippen LogP contribution in [0.25, 0.3) is 0 Å². The summed E-state index contributed by atoms with van der Waals surface area (Å²) in [7, 11) is 0. The van der Waals surface area contributed by atoms with Gasteiger partial charge in [-0.05, 0) is 57.0 Å². The molecular weight excluding hydrogens is 241 g/mol. The fraction of sp³-hybridized carbons (Fsp3) is 0.600. The first-order valence-electron chi connectivity index (χ1n) is 7.35. The van der Waals surface area contributed by atoms with E-state index in [0.29, 0.717) is 6.04 Å². The Morgan fingerprint density at radius 2 is 1.89 bits per heavy atom. The first-order valence-corrected chi connectivity index (χ1v) is 7.35. The van der Waals surface area contributed by atoms with E-state index >= 15 is 0 Å². The van der Waals surface area contributed by atoms with Crippen LogP contribution in [0.5, 0.6) is 0 Å². The number of piperidine rings is 1. The van der Waals surface area contributed by atoms with Gasteiger partial charge in [0.1, 0.15) is 5.82 Å². The third kappa shape index (κ3) is 3.00. The largest absolute Gasteiger partial charge is 0.382 e. The van der Waals surface area contributed by atoms with Gasteiger partial charge in [0, 0.05) is 24.8 Å². The van der Waals surface area contributed by atoms with Crippen LogP contribution in [0.4, 0.5) is 15.8 Å². The van der Waals surface area contributed by atoms with Gasteiger partial charge in [-0.2, -0.15) is 0 Å². The zero-order valence-corrected chi connectivity index (χ0v) is 11.3. The average molecular weight is 263 g/mol. The van der Waals surface area contributed by atoms with Crippen molar-refractivity contribution >= 4 is 11.4 Å². The number of nitrogens with one attached hydrogen (secondary N) is 2. The third-order valence-electron chi connectivity index (χ3n) is 4.10. The molecule has 2 heterocycles. The Hall–Kier alpha value is -1.29. The number of halogens is 1. The summed E-state index contributed by atoms with van der Waals surface area (Å²) in [6.07, 6.45) is 4.56. The van der Waals surface area contributed by atoms with E-state index in [4.69, 9.17) is 0 Å². The molecule has 19 heavy (non-hydrogen) atoms. The van der Waals surface area contributed by atoms with Crippen LogP contribution in [-0.4, -0.2) is 32.2 Å². The van der Waals surface area contributed by atoms with Gasteiger partial charge >= 0.3 is 0 Å². The van der Waals surface area contributed by atoms with Crippen molar-refractivity contribution in [3.63, 3.8) is 0 Å². The molecule has 3 rings (SSSR count). The van der Waals surface area contributed by atoms with Gasteiger partial charge in [0.2, 0.25) is 0 Å². The second-order valence-corrected chi connectivity index (χ2v) is 5.53. The quantitative estimate of drug-likeness (QED) is 0.877. The predicted molar refractivity (Wildman–Crippen MR) is 77.4 cm³/mol. The SMILES string of the molecule is Fc1cc(NC2CCNCC2)ccc1N1CCCC1. The van der Waals surface area contributed by atoms with Crippen molar-refractivity contribution in [1.29, 1.82) is 0 Å². The summed E-state index contributed by atoms with van der Waals surface area (Å²) in [6.45, 7) is 4.06. The highest BCUT2D eigenvalue weighted by Gasteiger charge is 2.17. The monoisotopic (exact) mass is 263 g/mol. The molecule has 2 N–H and O–H groups in total. The van der Waals surface area contributed by atoms with Gasteiger partial charge in [0.15, 0.2) is 0 Å². The highest BCUT2D eigenvalue weighted by atomic mass is 19.1. The van der Waals surface area contributed by atoms with Gasteiger partial charge in [-0.1, -0.05) is 0 Å². The zero-order chi connectivity index (χ0) is 13.1. The van der Waals surface area contributed by atoms with Crippen LogP contribution in [-0.2, 0) is 0 Å². The minimum Gasteiger partial charge on any atom is -0.382 e. The second-order valence-electron chi connectivity index (χ2n) is 5.53. The summed E-state index contributed by atoms with van der Waals surface area (Å²) < 4.78 is 14.2. The molecule has 0 saturated carbocycles. The Bertz CT molecular complexity index is 423. The molecule has 3 nitrogen and oxygen atoms in total. The smallest absolute Gasteiger partial charge is 0.148 e. The van der Waals surface area contributed by atoms with Gasteiger partial charge in [-0.25, -0.2) is 4.39 Å². The standard InChI is InChI=1S/C15H22FN3/c16-14-11-13(18-12-5-7-17-8-6-12)3-4-15(14)19-9-1-2-10-19/h3-4,11-12,17-18H,1-2,5-10H2. The fourth-order valence-corrected chi connectivity index (χ4v) is 3.01. The Kier molecular flexibility index (Phi) is 3.87. The van der Waals surface area contributed by atoms with Gasteiger partial charge in [0.25, 0.3) is 0 Å². The van der Waals surface area contributed by atoms with Gasteiger partial charge in [0.05, 0.1) is 5.69 Å². The molecular formula is C15H22FN3. The van der Waals surface area contributed by atoms with E-state index in [0.717, 1.165) is 50.4 Å².